The van der Waals surface area contributed by atoms with Crippen LogP contribution in [0.25, 0.3) is 21.5 Å². The molecule has 0 aliphatic heterocycles. The van der Waals surface area contributed by atoms with Crippen molar-refractivity contribution in [2.45, 2.75) is 23.7 Å². The molecule has 0 spiro atoms. The molecule has 4 atom stereocenters. The average molecular weight is 549 g/mol. The second kappa shape index (κ2) is 10.3. The van der Waals surface area contributed by atoms with E-state index in [-0.39, 0.29) is 34.8 Å². The van der Waals surface area contributed by atoms with Crippen LogP contribution in [-0.4, -0.2) is 22.2 Å². The van der Waals surface area contributed by atoms with Gasteiger partial charge >= 0.3 is 11.9 Å². The van der Waals surface area contributed by atoms with E-state index in [9.17, 15) is 19.8 Å². The Morgan fingerprint density at radius 3 is 1.10 bits per heavy atom. The van der Waals surface area contributed by atoms with Crippen LogP contribution in [-0.2, 0) is 0 Å². The quantitative estimate of drug-likeness (QED) is 0.218. The van der Waals surface area contributed by atoms with E-state index in [0.29, 0.717) is 0 Å². The number of carboxylic acid groups (broad SMARTS) is 2. The monoisotopic (exact) mass is 548 g/mol. The van der Waals surface area contributed by atoms with Crippen LogP contribution in [0.3, 0.4) is 0 Å². The molecule has 4 unspecified atom stereocenters. The van der Waals surface area contributed by atoms with Gasteiger partial charge in [0.15, 0.2) is 0 Å². The molecule has 0 aromatic heterocycles. The maximum absolute atomic E-state index is 11.6. The lowest BCUT2D eigenvalue weighted by molar-refractivity contribution is 0.0686. The fourth-order valence-corrected chi connectivity index (χ4v) is 6.97. The second-order valence-corrected chi connectivity index (χ2v) is 11.2. The molecule has 0 saturated heterocycles. The second-order valence-electron chi connectivity index (χ2n) is 11.2. The van der Waals surface area contributed by atoms with Gasteiger partial charge in [0.1, 0.15) is 0 Å². The summed E-state index contributed by atoms with van der Waals surface area (Å²) in [6.07, 6.45) is 0. The van der Waals surface area contributed by atoms with Gasteiger partial charge in [0, 0.05) is 0 Å². The molecule has 42 heavy (non-hydrogen) atoms. The van der Waals surface area contributed by atoms with Crippen LogP contribution in [0.4, 0.5) is 0 Å². The number of rotatable bonds is 6. The van der Waals surface area contributed by atoms with Crippen molar-refractivity contribution in [1.29, 1.82) is 0 Å². The summed E-state index contributed by atoms with van der Waals surface area (Å²) in [5.41, 5.74) is 5.59. The molecule has 6 aromatic carbocycles. The Morgan fingerprint density at radius 2 is 0.714 bits per heavy atom. The first-order valence-corrected chi connectivity index (χ1v) is 14.1. The van der Waals surface area contributed by atoms with Crippen LogP contribution in [0.5, 0.6) is 0 Å². The van der Waals surface area contributed by atoms with Gasteiger partial charge in [-0.1, -0.05) is 109 Å². The number of hydrogen-bond donors (Lipinski definition) is 2. The molecular weight excluding hydrogens is 520 g/mol. The lowest BCUT2D eigenvalue weighted by Gasteiger charge is -2.54. The van der Waals surface area contributed by atoms with Gasteiger partial charge in [0.25, 0.3) is 0 Å². The molecule has 0 bridgehead atoms. The summed E-state index contributed by atoms with van der Waals surface area (Å²) in [6, 6.07) is 44.8. The molecule has 4 nitrogen and oxygen atoms in total. The zero-order chi connectivity index (χ0) is 28.8. The normalized spacial score (nSPS) is 19.8. The topological polar surface area (TPSA) is 74.6 Å². The third-order valence-electron chi connectivity index (χ3n) is 8.91. The van der Waals surface area contributed by atoms with E-state index >= 15 is 0 Å². The number of carbonyl (C=O) groups is 2. The summed E-state index contributed by atoms with van der Waals surface area (Å²) in [7, 11) is 0. The molecule has 7 rings (SSSR count). The van der Waals surface area contributed by atoms with Crippen molar-refractivity contribution >= 4 is 33.5 Å². The third kappa shape index (κ3) is 4.42. The smallest absolute Gasteiger partial charge is 0.335 e. The highest BCUT2D eigenvalue weighted by Crippen LogP contribution is 2.66. The van der Waals surface area contributed by atoms with Crippen LogP contribution in [0.15, 0.2) is 133 Å². The van der Waals surface area contributed by atoms with Gasteiger partial charge in [-0.25, -0.2) is 9.59 Å². The van der Waals surface area contributed by atoms with E-state index in [0.717, 1.165) is 21.5 Å². The highest BCUT2D eigenvalue weighted by molar-refractivity contribution is 5.95. The van der Waals surface area contributed by atoms with Crippen molar-refractivity contribution in [2.24, 2.45) is 0 Å². The maximum atomic E-state index is 11.6. The van der Waals surface area contributed by atoms with Crippen LogP contribution < -0.4 is 0 Å². The SMILES string of the molecule is O=C(O)c1ccc2cc(C3C(c4ccccc4)C(c4ccccc4)C3c3ccc4cc(C(=O)O)ccc4c3)ccc2c1. The van der Waals surface area contributed by atoms with Gasteiger partial charge in [-0.15, -0.1) is 0 Å². The molecule has 204 valence electrons. The van der Waals surface area contributed by atoms with Gasteiger partial charge in [-0.3, -0.25) is 0 Å². The van der Waals surface area contributed by atoms with Crippen LogP contribution in [0.1, 0.15) is 66.6 Å². The summed E-state index contributed by atoms with van der Waals surface area (Å²) in [5, 5.41) is 22.8. The van der Waals surface area contributed by atoms with Crippen molar-refractivity contribution < 1.29 is 19.8 Å². The molecule has 4 heteroatoms. The van der Waals surface area contributed by atoms with Crippen molar-refractivity contribution in [1.82, 2.24) is 0 Å². The summed E-state index contributed by atoms with van der Waals surface area (Å²) in [5.74, 6) is -1.03. The minimum Gasteiger partial charge on any atom is -0.478 e. The Hall–Kier alpha value is -5.22. The van der Waals surface area contributed by atoms with E-state index in [2.05, 4.69) is 84.9 Å². The number of benzene rings is 6. The average Bonchev–Trinajstić information content (AvgIpc) is 3.01. The number of aromatic carboxylic acids is 2. The van der Waals surface area contributed by atoms with Gasteiger partial charge in [0.2, 0.25) is 0 Å². The summed E-state index contributed by atoms with van der Waals surface area (Å²) in [6.45, 7) is 0. The minimum atomic E-state index is -0.929. The van der Waals surface area contributed by atoms with Gasteiger partial charge in [0.05, 0.1) is 11.1 Å². The van der Waals surface area contributed by atoms with Crippen LogP contribution in [0, 0.1) is 0 Å². The van der Waals surface area contributed by atoms with Crippen molar-refractivity contribution in [3.05, 3.63) is 167 Å². The Balaban J connectivity index is 1.40. The van der Waals surface area contributed by atoms with Crippen molar-refractivity contribution in [2.75, 3.05) is 0 Å². The third-order valence-corrected chi connectivity index (χ3v) is 8.91. The molecular formula is C38H28O4. The Labute approximate surface area is 243 Å². The molecule has 0 heterocycles. The molecule has 2 N–H and O–H groups in total. The summed E-state index contributed by atoms with van der Waals surface area (Å²) in [4.78, 5) is 23.1. The van der Waals surface area contributed by atoms with E-state index in [1.54, 1.807) is 24.3 Å². The minimum absolute atomic E-state index is 0.178. The number of hydrogen-bond acceptors (Lipinski definition) is 2. The molecule has 0 amide bonds. The Bertz CT molecular complexity index is 1820. The zero-order valence-electron chi connectivity index (χ0n) is 22.7. The van der Waals surface area contributed by atoms with E-state index < -0.39 is 11.9 Å². The fourth-order valence-electron chi connectivity index (χ4n) is 6.97. The predicted molar refractivity (Wildman–Crippen MR) is 166 cm³/mol. The maximum Gasteiger partial charge on any atom is 0.335 e. The van der Waals surface area contributed by atoms with Gasteiger partial charge in [-0.05, 0) is 91.7 Å². The highest BCUT2D eigenvalue weighted by atomic mass is 16.4. The van der Waals surface area contributed by atoms with E-state index in [1.807, 2.05) is 24.3 Å². The predicted octanol–water partition coefficient (Wildman–Crippen LogP) is 8.84. The Kier molecular flexibility index (Phi) is 6.32. The summed E-state index contributed by atoms with van der Waals surface area (Å²) >= 11 is 0. The fraction of sp³-hybridized carbons (Fsp3) is 0.105. The number of carboxylic acids is 2. The lowest BCUT2D eigenvalue weighted by Crippen LogP contribution is -2.40. The van der Waals surface area contributed by atoms with Crippen LogP contribution in [0.2, 0.25) is 0 Å². The first-order chi connectivity index (χ1) is 20.5. The van der Waals surface area contributed by atoms with E-state index in [1.165, 1.54) is 22.3 Å². The molecule has 1 saturated carbocycles. The molecule has 1 aliphatic rings. The zero-order valence-corrected chi connectivity index (χ0v) is 22.7. The van der Waals surface area contributed by atoms with Gasteiger partial charge in [-0.2, -0.15) is 0 Å². The van der Waals surface area contributed by atoms with Gasteiger partial charge < -0.3 is 10.2 Å². The molecule has 1 aliphatic carbocycles. The Morgan fingerprint density at radius 1 is 0.381 bits per heavy atom. The molecule has 0 radical (unpaired) electrons. The largest absolute Gasteiger partial charge is 0.478 e. The highest BCUT2D eigenvalue weighted by Gasteiger charge is 2.52. The first kappa shape index (κ1) is 25.7. The summed E-state index contributed by atoms with van der Waals surface area (Å²) < 4.78 is 0. The number of fused-ring (bicyclic) bond motifs is 2. The van der Waals surface area contributed by atoms with Crippen molar-refractivity contribution in [3.8, 4) is 0 Å². The standard InChI is InChI=1S/C38H28O4/c39-37(40)31-17-13-25-19-29(15-11-27(25)21-31)35-33(23-7-3-1-4-8-23)34(24-9-5-2-6-10-24)36(35)30-16-12-28-22-32(38(41)42)18-14-26(28)20-30/h1-22,33-36H,(H,39,40)(H,41,42). The lowest BCUT2D eigenvalue weighted by atomic mass is 9.49. The first-order valence-electron chi connectivity index (χ1n) is 14.1. The van der Waals surface area contributed by atoms with Crippen molar-refractivity contribution in [3.63, 3.8) is 0 Å². The van der Waals surface area contributed by atoms with Crippen LogP contribution >= 0.6 is 0 Å². The molecule has 6 aromatic rings. The molecule has 1 fully saturated rings. The van der Waals surface area contributed by atoms with E-state index in [4.69, 9.17) is 0 Å².